The molecule has 0 radical (unpaired) electrons. The summed E-state index contributed by atoms with van der Waals surface area (Å²) < 4.78 is 0. The highest BCUT2D eigenvalue weighted by molar-refractivity contribution is 5.87. The topological polar surface area (TPSA) is 66.4 Å². The Morgan fingerprint density at radius 3 is 2.32 bits per heavy atom. The van der Waals surface area contributed by atoms with Gasteiger partial charge in [0.2, 0.25) is 5.91 Å². The molecule has 0 bridgehead atoms. The van der Waals surface area contributed by atoms with Gasteiger partial charge in [-0.05, 0) is 24.8 Å². The van der Waals surface area contributed by atoms with E-state index in [2.05, 4.69) is 5.32 Å². The predicted molar refractivity (Wildman–Crippen MR) is 73.6 cm³/mol. The molecule has 1 atom stereocenters. The molecule has 2 N–H and O–H groups in total. The first-order valence-corrected chi connectivity index (χ1v) is 6.46. The van der Waals surface area contributed by atoms with Crippen molar-refractivity contribution < 1.29 is 14.7 Å². The average molecular weight is 263 g/mol. The summed E-state index contributed by atoms with van der Waals surface area (Å²) in [6, 6.07) is 8.74. The highest BCUT2D eigenvalue weighted by Crippen LogP contribution is 2.21. The maximum atomic E-state index is 11.9. The molecule has 1 aromatic rings. The average Bonchev–Trinajstić information content (AvgIpc) is 2.37. The molecule has 0 spiro atoms. The fourth-order valence-electron chi connectivity index (χ4n) is 1.78. The molecular weight excluding hydrogens is 242 g/mol. The van der Waals surface area contributed by atoms with E-state index in [9.17, 15) is 14.7 Å². The third-order valence-corrected chi connectivity index (χ3v) is 3.12. The summed E-state index contributed by atoms with van der Waals surface area (Å²) in [6.07, 6.45) is 1.09. The lowest BCUT2D eigenvalue weighted by atomic mass is 9.91. The van der Waals surface area contributed by atoms with Crippen LogP contribution in [-0.4, -0.2) is 17.0 Å². The number of carbonyl (C=O) groups excluding carboxylic acids is 1. The van der Waals surface area contributed by atoms with Crippen LogP contribution in [0.2, 0.25) is 0 Å². The van der Waals surface area contributed by atoms with Crippen LogP contribution in [0.15, 0.2) is 30.3 Å². The minimum atomic E-state index is -1.38. The number of carboxylic acids is 1. The second-order valence-corrected chi connectivity index (χ2v) is 5.28. The van der Waals surface area contributed by atoms with Gasteiger partial charge >= 0.3 is 5.97 Å². The molecule has 0 fully saturated rings. The van der Waals surface area contributed by atoms with Crippen LogP contribution in [0.5, 0.6) is 0 Å². The zero-order chi connectivity index (χ0) is 14.5. The number of amides is 1. The van der Waals surface area contributed by atoms with Gasteiger partial charge in [-0.15, -0.1) is 0 Å². The van der Waals surface area contributed by atoms with Gasteiger partial charge in [-0.25, -0.2) is 4.79 Å². The van der Waals surface area contributed by atoms with Crippen molar-refractivity contribution in [2.45, 2.75) is 39.2 Å². The van der Waals surface area contributed by atoms with Gasteiger partial charge in [0.1, 0.15) is 0 Å². The van der Waals surface area contributed by atoms with Crippen LogP contribution >= 0.6 is 0 Å². The Morgan fingerprint density at radius 1 is 1.26 bits per heavy atom. The number of aliphatic carboxylic acids is 1. The number of benzene rings is 1. The molecule has 0 heterocycles. The van der Waals surface area contributed by atoms with Gasteiger partial charge in [0.05, 0.1) is 0 Å². The molecule has 4 nitrogen and oxygen atoms in total. The molecule has 1 rings (SSSR count). The summed E-state index contributed by atoms with van der Waals surface area (Å²) in [4.78, 5) is 23.3. The SMILES string of the molecule is CC(C)CCC(=O)NC(C)(C(=O)O)c1ccccc1. The van der Waals surface area contributed by atoms with E-state index in [0.29, 0.717) is 17.9 Å². The molecule has 1 unspecified atom stereocenters. The van der Waals surface area contributed by atoms with Gasteiger partial charge in [-0.3, -0.25) is 4.79 Å². The van der Waals surface area contributed by atoms with E-state index in [1.54, 1.807) is 24.3 Å². The molecule has 4 heteroatoms. The van der Waals surface area contributed by atoms with Crippen molar-refractivity contribution in [3.8, 4) is 0 Å². The van der Waals surface area contributed by atoms with Crippen LogP contribution in [0, 0.1) is 5.92 Å². The van der Waals surface area contributed by atoms with E-state index in [4.69, 9.17) is 0 Å². The fourth-order valence-corrected chi connectivity index (χ4v) is 1.78. The number of carboxylic acid groups (broad SMARTS) is 1. The van der Waals surface area contributed by atoms with E-state index in [0.717, 1.165) is 6.42 Å². The fraction of sp³-hybridized carbons (Fsp3) is 0.467. The van der Waals surface area contributed by atoms with Crippen molar-refractivity contribution >= 4 is 11.9 Å². The third kappa shape index (κ3) is 4.09. The Kier molecular flexibility index (Phi) is 5.10. The molecule has 104 valence electrons. The standard InChI is InChI=1S/C15H21NO3/c1-11(2)9-10-13(17)16-15(3,14(18)19)12-7-5-4-6-8-12/h4-8,11H,9-10H2,1-3H3,(H,16,17)(H,18,19). The van der Waals surface area contributed by atoms with Gasteiger partial charge in [0.25, 0.3) is 0 Å². The van der Waals surface area contributed by atoms with Crippen LogP contribution in [0.1, 0.15) is 39.2 Å². The minimum absolute atomic E-state index is 0.234. The lowest BCUT2D eigenvalue weighted by molar-refractivity contribution is -0.147. The highest BCUT2D eigenvalue weighted by atomic mass is 16.4. The van der Waals surface area contributed by atoms with Gasteiger partial charge < -0.3 is 10.4 Å². The van der Waals surface area contributed by atoms with Crippen LogP contribution in [0.25, 0.3) is 0 Å². The van der Waals surface area contributed by atoms with Crippen LogP contribution in [-0.2, 0) is 15.1 Å². The summed E-state index contributed by atoms with van der Waals surface area (Å²) in [7, 11) is 0. The van der Waals surface area contributed by atoms with Crippen molar-refractivity contribution in [3.05, 3.63) is 35.9 Å². The maximum absolute atomic E-state index is 11.9. The molecule has 0 aliphatic rings. The Labute approximate surface area is 113 Å². The summed E-state index contributed by atoms with van der Waals surface area (Å²) in [5.74, 6) is -0.877. The highest BCUT2D eigenvalue weighted by Gasteiger charge is 2.36. The summed E-state index contributed by atoms with van der Waals surface area (Å²) >= 11 is 0. The summed E-state index contributed by atoms with van der Waals surface area (Å²) in [5, 5.41) is 12.0. The van der Waals surface area contributed by atoms with E-state index >= 15 is 0 Å². The van der Waals surface area contributed by atoms with Gasteiger partial charge in [0, 0.05) is 6.42 Å². The Hall–Kier alpha value is -1.84. The van der Waals surface area contributed by atoms with Gasteiger partial charge in [0.15, 0.2) is 5.54 Å². The van der Waals surface area contributed by atoms with E-state index in [1.807, 2.05) is 19.9 Å². The molecular formula is C15H21NO3. The molecule has 0 saturated carbocycles. The largest absolute Gasteiger partial charge is 0.479 e. The Morgan fingerprint density at radius 2 is 1.84 bits per heavy atom. The van der Waals surface area contributed by atoms with E-state index in [1.165, 1.54) is 6.92 Å². The lowest BCUT2D eigenvalue weighted by Crippen LogP contribution is -2.49. The van der Waals surface area contributed by atoms with Crippen molar-refractivity contribution in [2.24, 2.45) is 5.92 Å². The molecule has 19 heavy (non-hydrogen) atoms. The van der Waals surface area contributed by atoms with Crippen molar-refractivity contribution in [1.82, 2.24) is 5.32 Å². The Bertz CT molecular complexity index is 442. The third-order valence-electron chi connectivity index (χ3n) is 3.12. The van der Waals surface area contributed by atoms with E-state index in [-0.39, 0.29) is 5.91 Å². The molecule has 0 aromatic heterocycles. The quantitative estimate of drug-likeness (QED) is 0.828. The van der Waals surface area contributed by atoms with Crippen LogP contribution in [0.4, 0.5) is 0 Å². The second kappa shape index (κ2) is 6.36. The predicted octanol–water partition coefficient (Wildman–Crippen LogP) is 2.54. The molecule has 1 amide bonds. The Balaban J connectivity index is 2.84. The number of rotatable bonds is 6. The molecule has 0 aliphatic heterocycles. The zero-order valence-corrected chi connectivity index (χ0v) is 11.6. The number of nitrogens with one attached hydrogen (secondary N) is 1. The smallest absolute Gasteiger partial charge is 0.333 e. The van der Waals surface area contributed by atoms with Crippen LogP contribution in [0.3, 0.4) is 0 Å². The lowest BCUT2D eigenvalue weighted by Gasteiger charge is -2.27. The molecule has 0 aliphatic carbocycles. The molecule has 0 saturated heterocycles. The van der Waals surface area contributed by atoms with Crippen molar-refractivity contribution in [3.63, 3.8) is 0 Å². The zero-order valence-electron chi connectivity index (χ0n) is 11.6. The first-order chi connectivity index (χ1) is 8.86. The normalized spacial score (nSPS) is 13.9. The monoisotopic (exact) mass is 263 g/mol. The van der Waals surface area contributed by atoms with Crippen molar-refractivity contribution in [1.29, 1.82) is 0 Å². The first kappa shape index (κ1) is 15.2. The summed E-state index contributed by atoms with van der Waals surface area (Å²) in [5.41, 5.74) is -0.810. The van der Waals surface area contributed by atoms with Gasteiger partial charge in [-0.2, -0.15) is 0 Å². The number of hydrogen-bond acceptors (Lipinski definition) is 2. The second-order valence-electron chi connectivity index (χ2n) is 5.28. The minimum Gasteiger partial charge on any atom is -0.479 e. The van der Waals surface area contributed by atoms with Crippen molar-refractivity contribution in [2.75, 3.05) is 0 Å². The van der Waals surface area contributed by atoms with Gasteiger partial charge in [-0.1, -0.05) is 44.2 Å². The van der Waals surface area contributed by atoms with Crippen LogP contribution < -0.4 is 5.32 Å². The maximum Gasteiger partial charge on any atom is 0.333 e. The summed E-state index contributed by atoms with van der Waals surface area (Å²) in [6.45, 7) is 5.57. The van der Waals surface area contributed by atoms with E-state index < -0.39 is 11.5 Å². The number of carbonyl (C=O) groups is 2. The first-order valence-electron chi connectivity index (χ1n) is 6.46. The molecule has 1 aromatic carbocycles. The number of hydrogen-bond donors (Lipinski definition) is 2.